The predicted octanol–water partition coefficient (Wildman–Crippen LogP) is 1.32. The molecular formula is C21H25N4O3+. The summed E-state index contributed by atoms with van der Waals surface area (Å²) in [4.78, 5) is 20.1. The molecule has 146 valence electrons. The van der Waals surface area contributed by atoms with E-state index in [9.17, 15) is 4.79 Å². The second-order valence-corrected chi connectivity index (χ2v) is 7.08. The number of hydrogen-bond acceptors (Lipinski definition) is 5. The molecule has 2 aromatic carbocycles. The first-order valence-corrected chi connectivity index (χ1v) is 9.56. The average Bonchev–Trinajstić information content (AvgIpc) is 3.11. The lowest BCUT2D eigenvalue weighted by Crippen LogP contribution is -3.08. The first kappa shape index (κ1) is 18.5. The topological polar surface area (TPSA) is 72.0 Å². The second kappa shape index (κ2) is 8.41. The van der Waals surface area contributed by atoms with Crippen LogP contribution in [0.15, 0.2) is 52.9 Å². The van der Waals surface area contributed by atoms with Gasteiger partial charge < -0.3 is 24.3 Å². The van der Waals surface area contributed by atoms with Crippen LogP contribution in [0, 0.1) is 0 Å². The number of likely N-dealkylation sites (N-methyl/N-ethyl adjacent to an activating group) is 1. The minimum absolute atomic E-state index is 0.0345. The van der Waals surface area contributed by atoms with E-state index in [4.69, 9.17) is 9.15 Å². The van der Waals surface area contributed by atoms with Crippen molar-refractivity contribution in [3.05, 3.63) is 54.4 Å². The van der Waals surface area contributed by atoms with Gasteiger partial charge in [-0.05, 0) is 36.4 Å². The SMILES string of the molecule is C[NH+](CC(=O)Nc1ccc(N2CCOCC2)cc1)Cc1nc2ccccc2o1. The van der Waals surface area contributed by atoms with Crippen LogP contribution in [0.5, 0.6) is 0 Å². The third-order valence-electron chi connectivity index (χ3n) is 4.78. The molecule has 2 N–H and O–H groups in total. The zero-order chi connectivity index (χ0) is 19.3. The van der Waals surface area contributed by atoms with Crippen LogP contribution in [0.2, 0.25) is 0 Å². The van der Waals surface area contributed by atoms with E-state index in [2.05, 4.69) is 15.2 Å². The Morgan fingerprint density at radius 2 is 1.89 bits per heavy atom. The van der Waals surface area contributed by atoms with Crippen LogP contribution >= 0.6 is 0 Å². The van der Waals surface area contributed by atoms with Crippen LogP contribution in [0.4, 0.5) is 11.4 Å². The Balaban J connectivity index is 1.29. The Kier molecular flexibility index (Phi) is 5.55. The Hall–Kier alpha value is -2.90. The minimum atomic E-state index is -0.0345. The zero-order valence-electron chi connectivity index (χ0n) is 16.0. The van der Waals surface area contributed by atoms with Crippen molar-refractivity contribution < 1.29 is 18.8 Å². The summed E-state index contributed by atoms with van der Waals surface area (Å²) >= 11 is 0. The molecular weight excluding hydrogens is 356 g/mol. The van der Waals surface area contributed by atoms with Crippen molar-refractivity contribution in [1.82, 2.24) is 4.98 Å². The van der Waals surface area contributed by atoms with Crippen molar-refractivity contribution in [1.29, 1.82) is 0 Å². The molecule has 0 spiro atoms. The first-order chi connectivity index (χ1) is 13.7. The van der Waals surface area contributed by atoms with Crippen LogP contribution in [0.3, 0.4) is 0 Å². The number of anilines is 2. The number of aromatic nitrogens is 1. The number of nitrogens with one attached hydrogen (secondary N) is 2. The third kappa shape index (κ3) is 4.49. The molecule has 7 heteroatoms. The van der Waals surface area contributed by atoms with E-state index in [1.807, 2.05) is 55.6 Å². The maximum Gasteiger partial charge on any atom is 0.279 e. The van der Waals surface area contributed by atoms with Gasteiger partial charge in [-0.25, -0.2) is 4.98 Å². The van der Waals surface area contributed by atoms with Crippen molar-refractivity contribution >= 4 is 28.4 Å². The van der Waals surface area contributed by atoms with Crippen LogP contribution in [0.1, 0.15) is 5.89 Å². The maximum atomic E-state index is 12.4. The van der Waals surface area contributed by atoms with Gasteiger partial charge in [-0.2, -0.15) is 0 Å². The number of morpholine rings is 1. The molecule has 1 aliphatic rings. The summed E-state index contributed by atoms with van der Waals surface area (Å²) < 4.78 is 11.1. The van der Waals surface area contributed by atoms with E-state index < -0.39 is 0 Å². The van der Waals surface area contributed by atoms with Gasteiger partial charge in [0.05, 0.1) is 20.3 Å². The highest BCUT2D eigenvalue weighted by atomic mass is 16.5. The van der Waals surface area contributed by atoms with Crippen molar-refractivity contribution in [3.63, 3.8) is 0 Å². The number of carbonyl (C=O) groups is 1. The number of carbonyl (C=O) groups excluding carboxylic acids is 1. The molecule has 0 radical (unpaired) electrons. The third-order valence-corrected chi connectivity index (χ3v) is 4.78. The monoisotopic (exact) mass is 381 g/mol. The Labute approximate surface area is 163 Å². The van der Waals surface area contributed by atoms with Crippen molar-refractivity contribution in [3.8, 4) is 0 Å². The fraction of sp³-hybridized carbons (Fsp3) is 0.333. The molecule has 28 heavy (non-hydrogen) atoms. The van der Waals surface area contributed by atoms with Crippen LogP contribution in [-0.4, -0.2) is 50.8 Å². The van der Waals surface area contributed by atoms with Crippen LogP contribution in [0.25, 0.3) is 11.1 Å². The molecule has 1 atom stereocenters. The summed E-state index contributed by atoms with van der Waals surface area (Å²) in [7, 11) is 1.95. The standard InChI is InChI=1S/C21H24N4O3/c1-24(15-21-23-18-4-2-3-5-19(18)28-21)14-20(26)22-16-6-8-17(9-7-16)25-10-12-27-13-11-25/h2-9H,10-15H2,1H3,(H,22,26)/p+1. The molecule has 1 aliphatic heterocycles. The maximum absolute atomic E-state index is 12.4. The smallest absolute Gasteiger partial charge is 0.279 e. The average molecular weight is 381 g/mol. The van der Waals surface area contributed by atoms with Gasteiger partial charge in [0.25, 0.3) is 11.8 Å². The highest BCUT2D eigenvalue weighted by Gasteiger charge is 2.15. The summed E-state index contributed by atoms with van der Waals surface area (Å²) in [6, 6.07) is 15.6. The Morgan fingerprint density at radius 1 is 1.14 bits per heavy atom. The number of oxazole rings is 1. The van der Waals surface area contributed by atoms with Gasteiger partial charge in [-0.3, -0.25) is 4.79 Å². The van der Waals surface area contributed by atoms with Gasteiger partial charge in [0.1, 0.15) is 5.52 Å². The van der Waals surface area contributed by atoms with Gasteiger partial charge in [-0.15, -0.1) is 0 Å². The zero-order valence-corrected chi connectivity index (χ0v) is 16.0. The number of ether oxygens (including phenoxy) is 1. The van der Waals surface area contributed by atoms with E-state index in [1.165, 1.54) is 0 Å². The Bertz CT molecular complexity index is 899. The van der Waals surface area contributed by atoms with E-state index in [0.717, 1.165) is 53.7 Å². The van der Waals surface area contributed by atoms with Gasteiger partial charge in [-0.1, -0.05) is 12.1 Å². The van der Waals surface area contributed by atoms with Gasteiger partial charge in [0.2, 0.25) is 0 Å². The number of benzene rings is 2. The molecule has 4 rings (SSSR count). The van der Waals surface area contributed by atoms with E-state index in [1.54, 1.807) is 0 Å². The summed E-state index contributed by atoms with van der Waals surface area (Å²) in [5.74, 6) is 0.606. The molecule has 1 aromatic heterocycles. The van der Waals surface area contributed by atoms with Crippen molar-refractivity contribution in [2.24, 2.45) is 0 Å². The summed E-state index contributed by atoms with van der Waals surface area (Å²) in [6.07, 6.45) is 0. The van der Waals surface area contributed by atoms with Crippen LogP contribution < -0.4 is 15.1 Å². The molecule has 1 amide bonds. The van der Waals surface area contributed by atoms with E-state index in [-0.39, 0.29) is 5.91 Å². The molecule has 3 aromatic rings. The Morgan fingerprint density at radius 3 is 2.64 bits per heavy atom. The van der Waals surface area contributed by atoms with Gasteiger partial charge in [0.15, 0.2) is 18.7 Å². The largest absolute Gasteiger partial charge is 0.435 e. The first-order valence-electron chi connectivity index (χ1n) is 9.56. The normalized spacial score (nSPS) is 15.5. The van der Waals surface area contributed by atoms with Gasteiger partial charge >= 0.3 is 0 Å². The van der Waals surface area contributed by atoms with Gasteiger partial charge in [0, 0.05) is 24.5 Å². The fourth-order valence-corrected chi connectivity index (χ4v) is 3.37. The number of amides is 1. The van der Waals surface area contributed by atoms with Crippen molar-refractivity contribution in [2.45, 2.75) is 6.54 Å². The molecule has 1 fully saturated rings. The number of quaternary nitrogens is 1. The molecule has 1 unspecified atom stereocenters. The molecule has 0 saturated carbocycles. The van der Waals surface area contributed by atoms with E-state index >= 15 is 0 Å². The van der Waals surface area contributed by atoms with Crippen molar-refractivity contribution in [2.75, 3.05) is 50.1 Å². The highest BCUT2D eigenvalue weighted by molar-refractivity contribution is 5.91. The number of hydrogen-bond donors (Lipinski definition) is 2. The molecule has 2 heterocycles. The molecule has 0 bridgehead atoms. The lowest BCUT2D eigenvalue weighted by atomic mass is 10.2. The molecule has 0 aliphatic carbocycles. The summed E-state index contributed by atoms with van der Waals surface area (Å²) in [5.41, 5.74) is 3.57. The predicted molar refractivity (Wildman–Crippen MR) is 108 cm³/mol. The number of rotatable bonds is 6. The molecule has 1 saturated heterocycles. The number of nitrogens with zero attached hydrogens (tertiary/aromatic N) is 2. The lowest BCUT2D eigenvalue weighted by Gasteiger charge is -2.28. The van der Waals surface area contributed by atoms with Crippen LogP contribution in [-0.2, 0) is 16.1 Å². The number of fused-ring (bicyclic) bond motifs is 1. The quantitative estimate of drug-likeness (QED) is 0.674. The van der Waals surface area contributed by atoms with E-state index in [0.29, 0.717) is 19.0 Å². The fourth-order valence-electron chi connectivity index (χ4n) is 3.37. The minimum Gasteiger partial charge on any atom is -0.435 e. The number of para-hydroxylation sites is 2. The lowest BCUT2D eigenvalue weighted by molar-refractivity contribution is -0.886. The summed E-state index contributed by atoms with van der Waals surface area (Å²) in [5, 5.41) is 2.96. The molecule has 7 nitrogen and oxygen atoms in total. The highest BCUT2D eigenvalue weighted by Crippen LogP contribution is 2.19. The second-order valence-electron chi connectivity index (χ2n) is 7.08. The summed E-state index contributed by atoms with van der Waals surface area (Å²) in [6.45, 7) is 4.20.